The lowest BCUT2D eigenvalue weighted by Crippen LogP contribution is -2.27. The minimum absolute atomic E-state index is 0.0940. The maximum Gasteiger partial charge on any atom is 0.270 e. The third-order valence-electron chi connectivity index (χ3n) is 4.24. The molecule has 3 aromatic carbocycles. The van der Waals surface area contributed by atoms with Crippen molar-refractivity contribution in [3.8, 4) is 11.5 Å². The summed E-state index contributed by atoms with van der Waals surface area (Å²) in [6, 6.07) is 25.0. The van der Waals surface area contributed by atoms with Crippen LogP contribution in [-0.4, -0.2) is 10.2 Å². The average molecular weight is 404 g/mol. The van der Waals surface area contributed by atoms with Gasteiger partial charge in [0.15, 0.2) is 4.32 Å². The number of para-hydroxylation sites is 1. The largest absolute Gasteiger partial charge is 0.457 e. The maximum atomic E-state index is 12.8. The van der Waals surface area contributed by atoms with Gasteiger partial charge in [0.25, 0.3) is 5.91 Å². The molecule has 1 aliphatic rings. The molecular formula is C23H17NO2S2. The first-order chi connectivity index (χ1) is 13.6. The van der Waals surface area contributed by atoms with E-state index in [2.05, 4.69) is 0 Å². The Morgan fingerprint density at radius 3 is 2.21 bits per heavy atom. The van der Waals surface area contributed by atoms with Crippen LogP contribution in [0.4, 0.5) is 5.69 Å². The molecule has 4 rings (SSSR count). The summed E-state index contributed by atoms with van der Waals surface area (Å²) < 4.78 is 6.35. The fourth-order valence-corrected chi connectivity index (χ4v) is 4.09. The van der Waals surface area contributed by atoms with Crippen LogP contribution in [0.3, 0.4) is 0 Å². The van der Waals surface area contributed by atoms with Gasteiger partial charge in [-0.05, 0) is 55.0 Å². The van der Waals surface area contributed by atoms with Crippen molar-refractivity contribution in [3.63, 3.8) is 0 Å². The van der Waals surface area contributed by atoms with E-state index in [0.29, 0.717) is 9.23 Å². The molecule has 5 heteroatoms. The topological polar surface area (TPSA) is 29.5 Å². The van der Waals surface area contributed by atoms with Crippen LogP contribution in [0.25, 0.3) is 6.08 Å². The van der Waals surface area contributed by atoms with Crippen molar-refractivity contribution in [3.05, 3.63) is 94.9 Å². The number of carbonyl (C=O) groups excluding carboxylic acids is 1. The SMILES string of the molecule is Cc1ccc(N2C(=O)/C(=C/c3ccc(Oc4ccccc4)cc3)SC2=S)cc1. The molecule has 0 saturated carbocycles. The summed E-state index contributed by atoms with van der Waals surface area (Å²) in [6.45, 7) is 2.01. The molecule has 0 aromatic heterocycles. The quantitative estimate of drug-likeness (QED) is 0.383. The number of anilines is 1. The predicted molar refractivity (Wildman–Crippen MR) is 120 cm³/mol. The normalized spacial score (nSPS) is 15.3. The molecule has 0 atom stereocenters. The molecule has 0 bridgehead atoms. The van der Waals surface area contributed by atoms with Gasteiger partial charge in [0.2, 0.25) is 0 Å². The lowest BCUT2D eigenvalue weighted by atomic mass is 10.2. The van der Waals surface area contributed by atoms with E-state index in [4.69, 9.17) is 17.0 Å². The highest BCUT2D eigenvalue weighted by atomic mass is 32.2. The van der Waals surface area contributed by atoms with Gasteiger partial charge in [-0.1, -0.05) is 72.0 Å². The van der Waals surface area contributed by atoms with E-state index in [0.717, 1.165) is 28.3 Å². The number of thiocarbonyl (C=S) groups is 1. The molecule has 0 aliphatic carbocycles. The van der Waals surface area contributed by atoms with Crippen molar-refractivity contribution in [2.75, 3.05) is 4.90 Å². The Labute approximate surface area is 173 Å². The number of thioether (sulfide) groups is 1. The van der Waals surface area contributed by atoms with Crippen LogP contribution in [0.1, 0.15) is 11.1 Å². The third kappa shape index (κ3) is 4.01. The van der Waals surface area contributed by atoms with Gasteiger partial charge in [-0.2, -0.15) is 0 Å². The van der Waals surface area contributed by atoms with Crippen LogP contribution in [0.5, 0.6) is 11.5 Å². The van der Waals surface area contributed by atoms with Crippen molar-refractivity contribution in [1.29, 1.82) is 0 Å². The molecule has 3 aromatic rings. The van der Waals surface area contributed by atoms with Crippen LogP contribution in [0, 0.1) is 6.92 Å². The zero-order chi connectivity index (χ0) is 19.5. The molecule has 0 unspecified atom stereocenters. The third-order valence-corrected chi connectivity index (χ3v) is 5.54. The Hall–Kier alpha value is -2.89. The van der Waals surface area contributed by atoms with Crippen molar-refractivity contribution in [1.82, 2.24) is 0 Å². The van der Waals surface area contributed by atoms with E-state index in [1.54, 1.807) is 4.90 Å². The average Bonchev–Trinajstić information content (AvgIpc) is 2.98. The van der Waals surface area contributed by atoms with Gasteiger partial charge in [0, 0.05) is 0 Å². The summed E-state index contributed by atoms with van der Waals surface area (Å²) in [7, 11) is 0. The Kier molecular flexibility index (Phi) is 5.28. The molecule has 1 aliphatic heterocycles. The van der Waals surface area contributed by atoms with E-state index < -0.39 is 0 Å². The molecule has 28 heavy (non-hydrogen) atoms. The lowest BCUT2D eigenvalue weighted by molar-refractivity contribution is -0.113. The molecule has 1 fully saturated rings. The lowest BCUT2D eigenvalue weighted by Gasteiger charge is -2.14. The zero-order valence-electron chi connectivity index (χ0n) is 15.2. The summed E-state index contributed by atoms with van der Waals surface area (Å²) >= 11 is 6.75. The molecule has 1 amide bonds. The summed E-state index contributed by atoms with van der Waals surface area (Å²) in [5.74, 6) is 1.44. The smallest absolute Gasteiger partial charge is 0.270 e. The molecular weight excluding hydrogens is 386 g/mol. The van der Waals surface area contributed by atoms with Gasteiger partial charge in [-0.15, -0.1) is 0 Å². The Morgan fingerprint density at radius 1 is 0.893 bits per heavy atom. The van der Waals surface area contributed by atoms with Crippen LogP contribution in [0.2, 0.25) is 0 Å². The number of carbonyl (C=O) groups is 1. The summed E-state index contributed by atoms with van der Waals surface area (Å²) in [5, 5.41) is 0. The second-order valence-electron chi connectivity index (χ2n) is 6.34. The molecule has 0 radical (unpaired) electrons. The number of hydrogen-bond donors (Lipinski definition) is 0. The second-order valence-corrected chi connectivity index (χ2v) is 8.01. The molecule has 138 valence electrons. The molecule has 1 saturated heterocycles. The standard InChI is InChI=1S/C23H17NO2S2/c1-16-7-11-18(12-8-16)24-22(25)21(28-23(24)27)15-17-9-13-20(14-10-17)26-19-5-3-2-4-6-19/h2-15H,1H3/b21-15-. The zero-order valence-corrected chi connectivity index (χ0v) is 16.8. The predicted octanol–water partition coefficient (Wildman–Crippen LogP) is 6.19. The van der Waals surface area contributed by atoms with Gasteiger partial charge in [-0.25, -0.2) is 0 Å². The van der Waals surface area contributed by atoms with Crippen LogP contribution in [-0.2, 0) is 4.79 Å². The van der Waals surface area contributed by atoms with Gasteiger partial charge < -0.3 is 4.74 Å². The van der Waals surface area contributed by atoms with Crippen LogP contribution < -0.4 is 9.64 Å². The number of aryl methyl sites for hydroxylation is 1. The summed E-state index contributed by atoms with van der Waals surface area (Å²) in [6.07, 6.45) is 1.86. The number of nitrogens with zero attached hydrogens (tertiary/aromatic N) is 1. The molecule has 0 N–H and O–H groups in total. The van der Waals surface area contributed by atoms with E-state index >= 15 is 0 Å². The fraction of sp³-hybridized carbons (Fsp3) is 0.0435. The van der Waals surface area contributed by atoms with Crippen LogP contribution in [0.15, 0.2) is 83.8 Å². The molecule has 0 spiro atoms. The Morgan fingerprint density at radius 2 is 1.54 bits per heavy atom. The first kappa shape index (κ1) is 18.5. The monoisotopic (exact) mass is 403 g/mol. The minimum atomic E-state index is -0.0940. The van der Waals surface area contributed by atoms with Crippen molar-refractivity contribution in [2.24, 2.45) is 0 Å². The van der Waals surface area contributed by atoms with E-state index in [1.807, 2.05) is 91.9 Å². The van der Waals surface area contributed by atoms with Crippen LogP contribution >= 0.6 is 24.0 Å². The van der Waals surface area contributed by atoms with Crippen molar-refractivity contribution < 1.29 is 9.53 Å². The van der Waals surface area contributed by atoms with Gasteiger partial charge in [0.1, 0.15) is 11.5 Å². The Balaban J connectivity index is 1.52. The molecule has 1 heterocycles. The molecule has 3 nitrogen and oxygen atoms in total. The number of benzene rings is 3. The van der Waals surface area contributed by atoms with Gasteiger partial charge in [-0.3, -0.25) is 9.69 Å². The number of ether oxygens (including phenoxy) is 1. The fourth-order valence-electron chi connectivity index (χ4n) is 2.79. The Bertz CT molecular complexity index is 1040. The van der Waals surface area contributed by atoms with E-state index in [9.17, 15) is 4.79 Å². The summed E-state index contributed by atoms with van der Waals surface area (Å²) in [5.41, 5.74) is 2.86. The summed E-state index contributed by atoms with van der Waals surface area (Å²) in [4.78, 5) is 15.0. The highest BCUT2D eigenvalue weighted by molar-refractivity contribution is 8.27. The van der Waals surface area contributed by atoms with Gasteiger partial charge >= 0.3 is 0 Å². The number of amides is 1. The first-order valence-corrected chi connectivity index (χ1v) is 10.0. The highest BCUT2D eigenvalue weighted by Crippen LogP contribution is 2.36. The first-order valence-electron chi connectivity index (χ1n) is 8.78. The van der Waals surface area contributed by atoms with Gasteiger partial charge in [0.05, 0.1) is 10.6 Å². The minimum Gasteiger partial charge on any atom is -0.457 e. The van der Waals surface area contributed by atoms with E-state index in [1.165, 1.54) is 11.8 Å². The van der Waals surface area contributed by atoms with Crippen molar-refractivity contribution in [2.45, 2.75) is 6.92 Å². The second kappa shape index (κ2) is 8.00. The highest BCUT2D eigenvalue weighted by Gasteiger charge is 2.33. The number of hydrogen-bond acceptors (Lipinski definition) is 4. The maximum absolute atomic E-state index is 12.8. The van der Waals surface area contributed by atoms with E-state index in [-0.39, 0.29) is 5.91 Å². The number of rotatable bonds is 4. The van der Waals surface area contributed by atoms with Crippen molar-refractivity contribution >= 4 is 46.0 Å².